The van der Waals surface area contributed by atoms with Crippen LogP contribution in [-0.4, -0.2) is 55.8 Å². The molecule has 3 N–H and O–H groups in total. The van der Waals surface area contributed by atoms with Gasteiger partial charge in [0.25, 0.3) is 11.8 Å². The Morgan fingerprint density at radius 2 is 2.09 bits per heavy atom. The fourth-order valence-electron chi connectivity index (χ4n) is 3.97. The highest BCUT2D eigenvalue weighted by atomic mass is 16.2. The number of nitrogens with one attached hydrogen (secondary N) is 3. The van der Waals surface area contributed by atoms with Crippen molar-refractivity contribution >= 4 is 23.4 Å². The molecule has 34 heavy (non-hydrogen) atoms. The summed E-state index contributed by atoms with van der Waals surface area (Å²) in [5, 5.41) is 25.9. The smallest absolute Gasteiger partial charge is 0.273 e. The van der Waals surface area contributed by atoms with Gasteiger partial charge in [0, 0.05) is 24.2 Å². The van der Waals surface area contributed by atoms with Crippen molar-refractivity contribution < 1.29 is 14.4 Å². The van der Waals surface area contributed by atoms with Crippen molar-refractivity contribution in [1.29, 1.82) is 5.26 Å². The van der Waals surface area contributed by atoms with Crippen LogP contribution in [0.15, 0.2) is 36.5 Å². The van der Waals surface area contributed by atoms with E-state index in [-0.39, 0.29) is 36.3 Å². The Labute approximate surface area is 194 Å². The number of hydrogen-bond acceptors (Lipinski definition) is 6. The number of amides is 3. The predicted octanol–water partition coefficient (Wildman–Crippen LogP) is 1.90. The van der Waals surface area contributed by atoms with Gasteiger partial charge >= 0.3 is 0 Å². The van der Waals surface area contributed by atoms with Crippen LogP contribution in [0.1, 0.15) is 52.3 Å². The van der Waals surface area contributed by atoms with E-state index >= 15 is 0 Å². The minimum absolute atomic E-state index is 0.000853. The molecule has 2 aliphatic rings. The Morgan fingerprint density at radius 1 is 1.26 bits per heavy atom. The third kappa shape index (κ3) is 4.01. The number of fused-ring (bicyclic) bond motifs is 1. The molecule has 172 valence electrons. The highest BCUT2D eigenvalue weighted by molar-refractivity contribution is 5.99. The number of aromatic nitrogens is 4. The molecular formula is C23H22N8O3. The molecule has 0 unspecified atom stereocenters. The quantitative estimate of drug-likeness (QED) is 0.514. The average molecular weight is 458 g/mol. The van der Waals surface area contributed by atoms with Gasteiger partial charge in [0.15, 0.2) is 0 Å². The zero-order valence-corrected chi connectivity index (χ0v) is 18.4. The number of nitriles is 1. The maximum atomic E-state index is 13.1. The molecule has 11 heteroatoms. The van der Waals surface area contributed by atoms with Gasteiger partial charge in [-0.15, -0.1) is 0 Å². The molecular weight excluding hydrogens is 436 g/mol. The molecule has 1 saturated carbocycles. The Bertz CT molecular complexity index is 1320. The predicted molar refractivity (Wildman–Crippen MR) is 120 cm³/mol. The normalized spacial score (nSPS) is 17.1. The van der Waals surface area contributed by atoms with Crippen molar-refractivity contribution in [2.45, 2.75) is 25.8 Å². The van der Waals surface area contributed by atoms with Crippen molar-refractivity contribution in [2.75, 3.05) is 18.5 Å². The fraction of sp³-hybridized carbons (Fsp3) is 0.304. The minimum Gasteiger partial charge on any atom is -0.333 e. The summed E-state index contributed by atoms with van der Waals surface area (Å²) in [6, 6.07) is 10.2. The number of H-pyrrole nitrogens is 1. The van der Waals surface area contributed by atoms with Gasteiger partial charge < -0.3 is 15.5 Å². The molecule has 1 aliphatic carbocycles. The van der Waals surface area contributed by atoms with E-state index < -0.39 is 0 Å². The third-order valence-corrected chi connectivity index (χ3v) is 5.95. The largest absolute Gasteiger partial charge is 0.333 e. The fourth-order valence-corrected chi connectivity index (χ4v) is 3.97. The Kier molecular flexibility index (Phi) is 5.33. The molecule has 1 aromatic carbocycles. The van der Waals surface area contributed by atoms with Gasteiger partial charge in [-0.25, -0.2) is 0 Å². The highest BCUT2D eigenvalue weighted by Gasteiger charge is 2.33. The summed E-state index contributed by atoms with van der Waals surface area (Å²) in [5.41, 5.74) is 2.76. The third-order valence-electron chi connectivity index (χ3n) is 5.95. The van der Waals surface area contributed by atoms with E-state index in [2.05, 4.69) is 32.0 Å². The van der Waals surface area contributed by atoms with Crippen LogP contribution >= 0.6 is 0 Å². The molecule has 1 atom stereocenters. The number of hydrogen-bond donors (Lipinski definition) is 3. The molecule has 1 fully saturated rings. The SMILES string of the molecule is C[C@H]1CN(CNC(=O)c2ccn[nH]2)C(=O)c2cc(-c3ccc(C#N)cc3NC(=O)C3CC3)nn21. The first kappa shape index (κ1) is 21.4. The maximum Gasteiger partial charge on any atom is 0.273 e. The van der Waals surface area contributed by atoms with Crippen LogP contribution in [-0.2, 0) is 4.79 Å². The summed E-state index contributed by atoms with van der Waals surface area (Å²) in [5.74, 6) is -0.699. The molecule has 3 aromatic rings. The number of rotatable bonds is 6. The van der Waals surface area contributed by atoms with Crippen molar-refractivity contribution in [3.05, 3.63) is 53.5 Å². The lowest BCUT2D eigenvalue weighted by Gasteiger charge is -2.31. The Balaban J connectivity index is 1.40. The highest BCUT2D eigenvalue weighted by Crippen LogP contribution is 2.34. The molecule has 5 rings (SSSR count). The lowest BCUT2D eigenvalue weighted by Crippen LogP contribution is -2.47. The second-order valence-electron chi connectivity index (χ2n) is 8.51. The van der Waals surface area contributed by atoms with Crippen LogP contribution in [0.3, 0.4) is 0 Å². The van der Waals surface area contributed by atoms with Gasteiger partial charge in [-0.1, -0.05) is 0 Å². The Morgan fingerprint density at radius 3 is 2.79 bits per heavy atom. The van der Waals surface area contributed by atoms with E-state index in [1.807, 2.05) is 6.92 Å². The van der Waals surface area contributed by atoms with E-state index in [9.17, 15) is 19.6 Å². The van der Waals surface area contributed by atoms with Crippen molar-refractivity contribution in [3.63, 3.8) is 0 Å². The zero-order chi connectivity index (χ0) is 23.8. The van der Waals surface area contributed by atoms with Crippen molar-refractivity contribution in [3.8, 4) is 17.3 Å². The second kappa shape index (κ2) is 8.47. The number of nitrogens with zero attached hydrogens (tertiary/aromatic N) is 5. The lowest BCUT2D eigenvalue weighted by atomic mass is 10.1. The van der Waals surface area contributed by atoms with Gasteiger partial charge in [0.2, 0.25) is 5.91 Å². The average Bonchev–Trinajstić information content (AvgIpc) is 3.35. The molecule has 11 nitrogen and oxygen atoms in total. The van der Waals surface area contributed by atoms with Crippen LogP contribution in [0.5, 0.6) is 0 Å². The van der Waals surface area contributed by atoms with Crippen molar-refractivity contribution in [2.24, 2.45) is 5.92 Å². The minimum atomic E-state index is -0.355. The first-order valence-electron chi connectivity index (χ1n) is 11.0. The first-order chi connectivity index (χ1) is 16.4. The van der Waals surface area contributed by atoms with E-state index in [0.29, 0.717) is 40.4 Å². The van der Waals surface area contributed by atoms with Crippen LogP contribution in [0.25, 0.3) is 11.3 Å². The summed E-state index contributed by atoms with van der Waals surface area (Å²) < 4.78 is 1.66. The summed E-state index contributed by atoms with van der Waals surface area (Å²) in [6.45, 7) is 2.35. The molecule has 1 aliphatic heterocycles. The zero-order valence-electron chi connectivity index (χ0n) is 18.4. The number of benzene rings is 1. The van der Waals surface area contributed by atoms with Crippen LogP contribution in [0, 0.1) is 17.2 Å². The maximum absolute atomic E-state index is 13.1. The Hall–Kier alpha value is -4.46. The summed E-state index contributed by atoms with van der Waals surface area (Å²) >= 11 is 0. The van der Waals surface area contributed by atoms with E-state index in [1.54, 1.807) is 39.9 Å². The molecule has 0 radical (unpaired) electrons. The molecule has 0 bridgehead atoms. The molecule has 3 amide bonds. The van der Waals surface area contributed by atoms with Gasteiger partial charge in [-0.05, 0) is 50.1 Å². The molecule has 2 aromatic heterocycles. The van der Waals surface area contributed by atoms with Crippen LogP contribution in [0.4, 0.5) is 5.69 Å². The number of aromatic amines is 1. The summed E-state index contributed by atoms with van der Waals surface area (Å²) in [7, 11) is 0. The molecule has 0 spiro atoms. The lowest BCUT2D eigenvalue weighted by molar-refractivity contribution is -0.117. The van der Waals surface area contributed by atoms with Gasteiger partial charge in [0.1, 0.15) is 11.4 Å². The van der Waals surface area contributed by atoms with E-state index in [4.69, 9.17) is 0 Å². The van der Waals surface area contributed by atoms with Crippen molar-refractivity contribution in [1.82, 2.24) is 30.2 Å². The standard InChI is InChI=1S/C23H22N8O3/c1-13-11-30(12-25-22(33)17-6-7-26-28-17)23(34)20-9-19(29-31(13)20)16-5-2-14(10-24)8-18(16)27-21(32)15-3-4-15/h2,5-9,13,15H,3-4,11-12H2,1H3,(H,25,33)(H,26,28)(H,27,32)/t13-/m0/s1. The van der Waals surface area contributed by atoms with Gasteiger partial charge in [-0.2, -0.15) is 15.5 Å². The number of carbonyl (C=O) groups excluding carboxylic acids is 3. The molecule has 3 heterocycles. The first-order valence-corrected chi connectivity index (χ1v) is 11.0. The van der Waals surface area contributed by atoms with Crippen LogP contribution in [0.2, 0.25) is 0 Å². The van der Waals surface area contributed by atoms with E-state index in [1.165, 1.54) is 6.20 Å². The second-order valence-corrected chi connectivity index (χ2v) is 8.51. The summed E-state index contributed by atoms with van der Waals surface area (Å²) in [4.78, 5) is 39.3. The number of carbonyl (C=O) groups is 3. The topological polar surface area (TPSA) is 149 Å². The monoisotopic (exact) mass is 458 g/mol. The summed E-state index contributed by atoms with van der Waals surface area (Å²) in [6.07, 6.45) is 3.20. The van der Waals surface area contributed by atoms with Gasteiger partial charge in [0.05, 0.1) is 35.7 Å². The number of anilines is 1. The van der Waals surface area contributed by atoms with E-state index in [0.717, 1.165) is 12.8 Å². The molecule has 0 saturated heterocycles. The van der Waals surface area contributed by atoms with Gasteiger partial charge in [-0.3, -0.25) is 24.2 Å². The van der Waals surface area contributed by atoms with Crippen LogP contribution < -0.4 is 10.6 Å².